The maximum atomic E-state index is 5.88. The van der Waals surface area contributed by atoms with Gasteiger partial charge in [0.25, 0.3) is 0 Å². The van der Waals surface area contributed by atoms with Gasteiger partial charge in [-0.15, -0.1) is 0 Å². The molecule has 1 saturated carbocycles. The second-order valence-corrected chi connectivity index (χ2v) is 9.49. The van der Waals surface area contributed by atoms with Crippen molar-refractivity contribution in [3.63, 3.8) is 0 Å². The van der Waals surface area contributed by atoms with E-state index in [0.717, 1.165) is 42.6 Å². The standard InChI is InChI=1S/C24H34N4O3/c1-23(2,3)20-14-26-21(31-20)15-27-22(25-4)28-16-24(9-5-6-10-24)17-7-8-18-19(13-17)30-12-11-29-18/h7-8,13-14H,5-6,9-12,15-16H2,1-4H3,(H2,25,27,28). The van der Waals surface area contributed by atoms with E-state index in [1.165, 1.54) is 18.4 Å². The normalized spacial score (nSPS) is 18.1. The number of ether oxygens (including phenoxy) is 2. The van der Waals surface area contributed by atoms with Crippen LogP contribution < -0.4 is 20.1 Å². The van der Waals surface area contributed by atoms with Gasteiger partial charge in [-0.1, -0.05) is 39.7 Å². The van der Waals surface area contributed by atoms with Gasteiger partial charge < -0.3 is 24.5 Å². The van der Waals surface area contributed by atoms with Crippen LogP contribution in [-0.4, -0.2) is 37.7 Å². The van der Waals surface area contributed by atoms with Crippen molar-refractivity contribution in [2.75, 3.05) is 26.8 Å². The molecule has 2 aromatic rings. The lowest BCUT2D eigenvalue weighted by molar-refractivity contribution is 0.171. The van der Waals surface area contributed by atoms with E-state index in [-0.39, 0.29) is 10.8 Å². The van der Waals surface area contributed by atoms with Gasteiger partial charge in [-0.25, -0.2) is 4.98 Å². The molecule has 0 unspecified atom stereocenters. The van der Waals surface area contributed by atoms with Crippen molar-refractivity contribution in [3.8, 4) is 11.5 Å². The van der Waals surface area contributed by atoms with Crippen LogP contribution in [0, 0.1) is 0 Å². The van der Waals surface area contributed by atoms with E-state index in [1.807, 2.05) is 12.3 Å². The molecule has 1 fully saturated rings. The first-order valence-corrected chi connectivity index (χ1v) is 11.2. The van der Waals surface area contributed by atoms with E-state index in [9.17, 15) is 0 Å². The van der Waals surface area contributed by atoms with Crippen molar-refractivity contribution in [3.05, 3.63) is 41.6 Å². The van der Waals surface area contributed by atoms with Gasteiger partial charge in [0.05, 0.1) is 12.7 Å². The Morgan fingerprint density at radius 1 is 1.10 bits per heavy atom. The number of aliphatic imine (C=N–C) groups is 1. The molecule has 168 valence electrons. The molecule has 1 aromatic heterocycles. The molecule has 0 amide bonds. The third-order valence-electron chi connectivity index (χ3n) is 6.23. The molecule has 0 spiro atoms. The van der Waals surface area contributed by atoms with E-state index in [0.29, 0.717) is 25.6 Å². The molecule has 31 heavy (non-hydrogen) atoms. The minimum atomic E-state index is -0.0519. The van der Waals surface area contributed by atoms with Crippen LogP contribution in [0.4, 0.5) is 0 Å². The van der Waals surface area contributed by atoms with E-state index < -0.39 is 0 Å². The summed E-state index contributed by atoms with van der Waals surface area (Å²) in [5.41, 5.74) is 1.32. The Morgan fingerprint density at radius 2 is 1.84 bits per heavy atom. The Labute approximate surface area is 184 Å². The van der Waals surface area contributed by atoms with Crippen molar-refractivity contribution in [1.82, 2.24) is 15.6 Å². The molecule has 4 rings (SSSR count). The zero-order valence-electron chi connectivity index (χ0n) is 19.1. The Balaban J connectivity index is 1.41. The fourth-order valence-corrected chi connectivity index (χ4v) is 4.36. The van der Waals surface area contributed by atoms with Crippen molar-refractivity contribution in [1.29, 1.82) is 0 Å². The van der Waals surface area contributed by atoms with Crippen LogP contribution in [0.2, 0.25) is 0 Å². The predicted molar refractivity (Wildman–Crippen MR) is 121 cm³/mol. The van der Waals surface area contributed by atoms with E-state index in [2.05, 4.69) is 53.5 Å². The zero-order chi connectivity index (χ0) is 21.9. The highest BCUT2D eigenvalue weighted by molar-refractivity contribution is 5.79. The number of rotatable bonds is 5. The Kier molecular flexibility index (Phi) is 6.12. The number of guanidine groups is 1. The number of benzene rings is 1. The average molecular weight is 427 g/mol. The van der Waals surface area contributed by atoms with Crippen molar-refractivity contribution >= 4 is 5.96 Å². The minimum absolute atomic E-state index is 0.0519. The van der Waals surface area contributed by atoms with Gasteiger partial charge in [0.1, 0.15) is 19.0 Å². The lowest BCUT2D eigenvalue weighted by atomic mass is 9.78. The quantitative estimate of drug-likeness (QED) is 0.557. The number of aromatic nitrogens is 1. The molecule has 2 aliphatic rings. The summed E-state index contributed by atoms with van der Waals surface area (Å²) in [6.45, 7) is 8.87. The molecule has 1 aliphatic heterocycles. The number of oxazole rings is 1. The zero-order valence-corrected chi connectivity index (χ0v) is 19.1. The van der Waals surface area contributed by atoms with Gasteiger partial charge >= 0.3 is 0 Å². The van der Waals surface area contributed by atoms with Crippen LogP contribution in [-0.2, 0) is 17.4 Å². The Bertz CT molecular complexity index is 923. The van der Waals surface area contributed by atoms with Crippen LogP contribution in [0.3, 0.4) is 0 Å². The molecule has 1 aliphatic carbocycles. The first kappa shape index (κ1) is 21.5. The molecule has 0 saturated heterocycles. The SMILES string of the molecule is CN=C(NCc1ncc(C(C)(C)C)o1)NCC1(c2ccc3c(c2)OCCO3)CCCC1. The summed E-state index contributed by atoms with van der Waals surface area (Å²) < 4.78 is 17.4. The fourth-order valence-electron chi connectivity index (χ4n) is 4.36. The maximum Gasteiger partial charge on any atom is 0.213 e. The van der Waals surface area contributed by atoms with Crippen LogP contribution in [0.1, 0.15) is 63.7 Å². The van der Waals surface area contributed by atoms with Gasteiger partial charge in [0, 0.05) is 24.4 Å². The van der Waals surface area contributed by atoms with Crippen LogP contribution in [0.25, 0.3) is 0 Å². The monoisotopic (exact) mass is 426 g/mol. The number of nitrogens with one attached hydrogen (secondary N) is 2. The first-order valence-electron chi connectivity index (χ1n) is 11.2. The summed E-state index contributed by atoms with van der Waals surface area (Å²) in [6, 6.07) is 6.41. The van der Waals surface area contributed by atoms with Gasteiger partial charge in [-0.3, -0.25) is 4.99 Å². The summed E-state index contributed by atoms with van der Waals surface area (Å²) in [5.74, 6) is 4.00. The lowest BCUT2D eigenvalue weighted by Gasteiger charge is -2.32. The molecule has 2 N–H and O–H groups in total. The van der Waals surface area contributed by atoms with Gasteiger partial charge in [-0.05, 0) is 30.5 Å². The molecular weight excluding hydrogens is 392 g/mol. The summed E-state index contributed by atoms with van der Waals surface area (Å²) in [7, 11) is 1.79. The predicted octanol–water partition coefficient (Wildman–Crippen LogP) is 3.92. The molecule has 0 atom stereocenters. The molecule has 1 aromatic carbocycles. The summed E-state index contributed by atoms with van der Waals surface area (Å²) in [4.78, 5) is 8.79. The molecule has 7 nitrogen and oxygen atoms in total. The molecule has 2 heterocycles. The van der Waals surface area contributed by atoms with Crippen LogP contribution in [0.5, 0.6) is 11.5 Å². The minimum Gasteiger partial charge on any atom is -0.486 e. The molecule has 7 heteroatoms. The average Bonchev–Trinajstić information content (AvgIpc) is 3.44. The molecule has 0 bridgehead atoms. The number of fused-ring (bicyclic) bond motifs is 1. The molecule has 0 radical (unpaired) electrons. The second-order valence-electron chi connectivity index (χ2n) is 9.49. The topological polar surface area (TPSA) is 80.9 Å². The maximum absolute atomic E-state index is 5.88. The Hall–Kier alpha value is -2.70. The highest BCUT2D eigenvalue weighted by Gasteiger charge is 2.36. The van der Waals surface area contributed by atoms with Crippen molar-refractivity contribution < 1.29 is 13.9 Å². The largest absolute Gasteiger partial charge is 0.486 e. The van der Waals surface area contributed by atoms with E-state index in [4.69, 9.17) is 13.9 Å². The van der Waals surface area contributed by atoms with Gasteiger partial charge in [0.15, 0.2) is 17.5 Å². The molecular formula is C24H34N4O3. The number of hydrogen-bond acceptors (Lipinski definition) is 5. The third-order valence-corrected chi connectivity index (χ3v) is 6.23. The lowest BCUT2D eigenvalue weighted by Crippen LogP contribution is -2.44. The van der Waals surface area contributed by atoms with Crippen molar-refractivity contribution in [2.45, 2.75) is 63.8 Å². The third kappa shape index (κ3) is 4.81. The van der Waals surface area contributed by atoms with Crippen molar-refractivity contribution in [2.24, 2.45) is 4.99 Å². The smallest absolute Gasteiger partial charge is 0.213 e. The van der Waals surface area contributed by atoms with Gasteiger partial charge in [-0.2, -0.15) is 0 Å². The van der Waals surface area contributed by atoms with Crippen LogP contribution >= 0.6 is 0 Å². The number of hydrogen-bond donors (Lipinski definition) is 2. The summed E-state index contributed by atoms with van der Waals surface area (Å²) in [5, 5.41) is 6.87. The second kappa shape index (κ2) is 8.81. The fraction of sp³-hybridized carbons (Fsp3) is 0.583. The highest BCUT2D eigenvalue weighted by atomic mass is 16.6. The Morgan fingerprint density at radius 3 is 2.52 bits per heavy atom. The van der Waals surface area contributed by atoms with E-state index >= 15 is 0 Å². The first-order chi connectivity index (χ1) is 14.9. The highest BCUT2D eigenvalue weighted by Crippen LogP contribution is 2.43. The van der Waals surface area contributed by atoms with Crippen LogP contribution in [0.15, 0.2) is 33.8 Å². The van der Waals surface area contributed by atoms with E-state index in [1.54, 1.807) is 7.05 Å². The summed E-state index contributed by atoms with van der Waals surface area (Å²) >= 11 is 0. The number of nitrogens with zero attached hydrogens (tertiary/aromatic N) is 2. The summed E-state index contributed by atoms with van der Waals surface area (Å²) in [6.07, 6.45) is 6.56. The van der Waals surface area contributed by atoms with Gasteiger partial charge in [0.2, 0.25) is 5.89 Å².